The van der Waals surface area contributed by atoms with Crippen molar-refractivity contribution < 1.29 is 14.3 Å². The number of nitrogens with zero attached hydrogens (tertiary/aromatic N) is 1. The summed E-state index contributed by atoms with van der Waals surface area (Å²) in [4.78, 5) is 29.1. The molecular weight excluding hydrogens is 589 g/mol. The van der Waals surface area contributed by atoms with Crippen molar-refractivity contribution >= 4 is 68.1 Å². The standard InChI is InChI=1S/C29H18BrCl2N3O3/c30-19-13-14-24(38-29(37)20-9-4-5-11-22(20)31)18(15-19)16-33-35-28(36)27-25(17-7-2-1-3-8-17)21-10-6-12-23(32)26(21)34-27/h1-16,34H,(H,35,36). The number of esters is 1. The van der Waals surface area contributed by atoms with Crippen molar-refractivity contribution in [3.05, 3.63) is 122 Å². The molecule has 9 heteroatoms. The van der Waals surface area contributed by atoms with E-state index in [0.29, 0.717) is 27.4 Å². The molecule has 0 saturated heterocycles. The fraction of sp³-hybridized carbons (Fsp3) is 0. The molecule has 38 heavy (non-hydrogen) atoms. The molecule has 0 aliphatic rings. The van der Waals surface area contributed by atoms with E-state index < -0.39 is 11.9 Å². The molecule has 0 saturated carbocycles. The molecule has 0 fully saturated rings. The Hall–Kier alpha value is -3.91. The number of carbonyl (C=O) groups is 2. The Morgan fingerprint density at radius 1 is 0.895 bits per heavy atom. The highest BCUT2D eigenvalue weighted by atomic mass is 79.9. The fourth-order valence-corrected chi connectivity index (χ4v) is 4.78. The number of hydrazone groups is 1. The van der Waals surface area contributed by atoms with Crippen LogP contribution >= 0.6 is 39.1 Å². The average molecular weight is 607 g/mol. The third-order valence-corrected chi connectivity index (χ3v) is 6.85. The molecule has 1 heterocycles. The minimum absolute atomic E-state index is 0.235. The van der Waals surface area contributed by atoms with Crippen LogP contribution in [0.25, 0.3) is 22.0 Å². The highest BCUT2D eigenvalue weighted by Gasteiger charge is 2.20. The van der Waals surface area contributed by atoms with Gasteiger partial charge in [-0.05, 0) is 42.0 Å². The first kappa shape index (κ1) is 25.7. The maximum atomic E-state index is 13.3. The van der Waals surface area contributed by atoms with Gasteiger partial charge in [-0.3, -0.25) is 4.79 Å². The van der Waals surface area contributed by atoms with Gasteiger partial charge in [0.1, 0.15) is 11.4 Å². The minimum atomic E-state index is -0.612. The van der Waals surface area contributed by atoms with E-state index in [1.807, 2.05) is 42.5 Å². The number of hydrogen-bond donors (Lipinski definition) is 2. The zero-order chi connectivity index (χ0) is 26.6. The van der Waals surface area contributed by atoms with E-state index in [1.54, 1.807) is 48.5 Å². The number of ether oxygens (including phenoxy) is 1. The number of halogens is 3. The Balaban J connectivity index is 1.42. The van der Waals surface area contributed by atoms with Crippen molar-refractivity contribution in [3.8, 4) is 16.9 Å². The number of fused-ring (bicyclic) bond motifs is 1. The number of amides is 1. The first-order valence-corrected chi connectivity index (χ1v) is 12.9. The number of rotatable bonds is 6. The van der Waals surface area contributed by atoms with Crippen LogP contribution in [0.1, 0.15) is 26.4 Å². The normalized spacial score (nSPS) is 11.1. The number of para-hydroxylation sites is 1. The van der Waals surface area contributed by atoms with Crippen molar-refractivity contribution in [2.45, 2.75) is 0 Å². The van der Waals surface area contributed by atoms with Crippen LogP contribution in [0, 0.1) is 0 Å². The predicted octanol–water partition coefficient (Wildman–Crippen LogP) is 7.89. The molecular formula is C29H18BrCl2N3O3. The second-order valence-corrected chi connectivity index (χ2v) is 9.88. The molecule has 0 radical (unpaired) electrons. The molecule has 0 spiro atoms. The summed E-state index contributed by atoms with van der Waals surface area (Å²) in [6.07, 6.45) is 1.40. The number of benzene rings is 4. The predicted molar refractivity (Wildman–Crippen MR) is 154 cm³/mol. The van der Waals surface area contributed by atoms with Crippen LogP contribution in [0.4, 0.5) is 0 Å². The van der Waals surface area contributed by atoms with Crippen LogP contribution in [-0.2, 0) is 0 Å². The quantitative estimate of drug-likeness (QED) is 0.0892. The molecule has 0 aliphatic heterocycles. The van der Waals surface area contributed by atoms with E-state index in [4.69, 9.17) is 27.9 Å². The van der Waals surface area contributed by atoms with Crippen LogP contribution in [-0.4, -0.2) is 23.1 Å². The Morgan fingerprint density at radius 3 is 2.42 bits per heavy atom. The highest BCUT2D eigenvalue weighted by Crippen LogP contribution is 2.35. The van der Waals surface area contributed by atoms with Crippen LogP contribution in [0.5, 0.6) is 5.75 Å². The van der Waals surface area contributed by atoms with Gasteiger partial charge in [-0.15, -0.1) is 0 Å². The molecule has 1 aromatic heterocycles. The minimum Gasteiger partial charge on any atom is -0.422 e. The molecule has 0 atom stereocenters. The molecule has 0 bridgehead atoms. The van der Waals surface area contributed by atoms with Gasteiger partial charge in [-0.2, -0.15) is 5.10 Å². The van der Waals surface area contributed by atoms with E-state index in [-0.39, 0.29) is 16.3 Å². The Bertz CT molecular complexity index is 1700. The third-order valence-electron chi connectivity index (χ3n) is 5.71. The summed E-state index contributed by atoms with van der Waals surface area (Å²) >= 11 is 15.9. The summed E-state index contributed by atoms with van der Waals surface area (Å²) in [6.45, 7) is 0. The second-order valence-electron chi connectivity index (χ2n) is 8.15. The first-order valence-electron chi connectivity index (χ1n) is 11.4. The zero-order valence-electron chi connectivity index (χ0n) is 19.5. The monoisotopic (exact) mass is 605 g/mol. The molecule has 2 N–H and O–H groups in total. The SMILES string of the molecule is O=C(Oc1ccc(Br)cc1C=NNC(=O)c1[nH]c2c(Cl)cccc2c1-c1ccccc1)c1ccccc1Cl. The molecule has 5 aromatic rings. The smallest absolute Gasteiger partial charge is 0.345 e. The summed E-state index contributed by atoms with van der Waals surface area (Å²) in [5, 5.41) is 5.73. The number of H-pyrrole nitrogens is 1. The molecule has 5 rings (SSSR count). The lowest BCUT2D eigenvalue weighted by atomic mass is 10.0. The van der Waals surface area contributed by atoms with Crippen molar-refractivity contribution in [2.24, 2.45) is 5.10 Å². The van der Waals surface area contributed by atoms with Crippen LogP contribution in [0.15, 0.2) is 101 Å². The molecule has 0 aliphatic carbocycles. The highest BCUT2D eigenvalue weighted by molar-refractivity contribution is 9.10. The molecule has 4 aromatic carbocycles. The van der Waals surface area contributed by atoms with Crippen LogP contribution < -0.4 is 10.2 Å². The van der Waals surface area contributed by atoms with Crippen molar-refractivity contribution in [1.82, 2.24) is 10.4 Å². The van der Waals surface area contributed by atoms with Gasteiger partial charge in [0.15, 0.2) is 0 Å². The van der Waals surface area contributed by atoms with Gasteiger partial charge in [-0.1, -0.05) is 93.7 Å². The fourth-order valence-electron chi connectivity index (χ4n) is 3.97. The van der Waals surface area contributed by atoms with E-state index in [2.05, 4.69) is 31.4 Å². The summed E-state index contributed by atoms with van der Waals surface area (Å²) in [6, 6.07) is 26.7. The maximum absolute atomic E-state index is 13.3. The molecule has 188 valence electrons. The van der Waals surface area contributed by atoms with Crippen molar-refractivity contribution in [2.75, 3.05) is 0 Å². The van der Waals surface area contributed by atoms with Gasteiger partial charge in [0.05, 0.1) is 27.3 Å². The topological polar surface area (TPSA) is 83.5 Å². The van der Waals surface area contributed by atoms with Gasteiger partial charge in [-0.25, -0.2) is 10.2 Å². The Labute approximate surface area is 236 Å². The van der Waals surface area contributed by atoms with Crippen LogP contribution in [0.3, 0.4) is 0 Å². The largest absolute Gasteiger partial charge is 0.422 e. The second kappa shape index (κ2) is 11.2. The molecule has 0 unspecified atom stereocenters. The van der Waals surface area contributed by atoms with E-state index in [9.17, 15) is 9.59 Å². The number of hydrogen-bond acceptors (Lipinski definition) is 4. The van der Waals surface area contributed by atoms with Crippen molar-refractivity contribution in [3.63, 3.8) is 0 Å². The van der Waals surface area contributed by atoms with Gasteiger partial charge in [0.2, 0.25) is 0 Å². The summed E-state index contributed by atoms with van der Waals surface area (Å²) in [5.74, 6) is -0.825. The number of aromatic nitrogens is 1. The molecule has 1 amide bonds. The summed E-state index contributed by atoms with van der Waals surface area (Å²) in [7, 11) is 0. The number of nitrogens with one attached hydrogen (secondary N) is 2. The summed E-state index contributed by atoms with van der Waals surface area (Å²) in [5.41, 5.74) is 5.80. The van der Waals surface area contributed by atoms with Gasteiger partial charge < -0.3 is 9.72 Å². The lowest BCUT2D eigenvalue weighted by Crippen LogP contribution is -2.19. The Morgan fingerprint density at radius 2 is 1.63 bits per heavy atom. The van der Waals surface area contributed by atoms with Gasteiger partial charge in [0.25, 0.3) is 5.91 Å². The summed E-state index contributed by atoms with van der Waals surface area (Å²) < 4.78 is 6.31. The number of aromatic amines is 1. The van der Waals surface area contributed by atoms with E-state index in [1.165, 1.54) is 6.21 Å². The average Bonchev–Trinajstić information content (AvgIpc) is 3.32. The van der Waals surface area contributed by atoms with Gasteiger partial charge in [0, 0.05) is 21.0 Å². The van der Waals surface area contributed by atoms with E-state index in [0.717, 1.165) is 15.4 Å². The first-order chi connectivity index (χ1) is 18.4. The zero-order valence-corrected chi connectivity index (χ0v) is 22.6. The van der Waals surface area contributed by atoms with Crippen LogP contribution in [0.2, 0.25) is 10.0 Å². The molecule has 6 nitrogen and oxygen atoms in total. The Kier molecular flexibility index (Phi) is 7.60. The maximum Gasteiger partial charge on any atom is 0.345 e. The third kappa shape index (κ3) is 5.36. The van der Waals surface area contributed by atoms with Gasteiger partial charge >= 0.3 is 5.97 Å². The van der Waals surface area contributed by atoms with E-state index >= 15 is 0 Å². The lowest BCUT2D eigenvalue weighted by molar-refractivity contribution is 0.0734. The lowest BCUT2D eigenvalue weighted by Gasteiger charge is -2.09. The number of carbonyl (C=O) groups excluding carboxylic acids is 2. The van der Waals surface area contributed by atoms with Crippen molar-refractivity contribution in [1.29, 1.82) is 0 Å².